The quantitative estimate of drug-likeness (QED) is 0.772. The fraction of sp³-hybridized carbons (Fsp3) is 0.429. The van der Waals surface area contributed by atoms with Crippen molar-refractivity contribution in [3.8, 4) is 0 Å². The number of hydrogen-bond acceptors (Lipinski definition) is 4. The fourth-order valence-electron chi connectivity index (χ4n) is 4.55. The molecule has 3 atom stereocenters. The minimum absolute atomic E-state index is 0.123. The summed E-state index contributed by atoms with van der Waals surface area (Å²) in [6, 6.07) is 15.3. The monoisotopic (exact) mass is 399 g/mol. The molecule has 0 aliphatic carbocycles. The number of benzene rings is 1. The van der Waals surface area contributed by atoms with E-state index < -0.39 is 10.0 Å². The van der Waals surface area contributed by atoms with Crippen LogP contribution in [0, 0.1) is 11.8 Å². The third-order valence-electron chi connectivity index (χ3n) is 5.86. The number of carbonyl (C=O) groups is 1. The van der Waals surface area contributed by atoms with Crippen LogP contribution in [0.15, 0.2) is 54.7 Å². The van der Waals surface area contributed by atoms with Gasteiger partial charge in [0.2, 0.25) is 15.9 Å². The van der Waals surface area contributed by atoms with Crippen molar-refractivity contribution in [2.45, 2.75) is 18.9 Å². The number of amides is 1. The lowest BCUT2D eigenvalue weighted by molar-refractivity contribution is -0.130. The summed E-state index contributed by atoms with van der Waals surface area (Å²) in [7, 11) is -3.30. The minimum Gasteiger partial charge on any atom is -0.342 e. The number of sulfonamides is 1. The average molecular weight is 400 g/mol. The van der Waals surface area contributed by atoms with Crippen LogP contribution in [0.3, 0.4) is 0 Å². The molecule has 7 heteroatoms. The topological polar surface area (TPSA) is 70.6 Å². The van der Waals surface area contributed by atoms with Gasteiger partial charge in [-0.1, -0.05) is 36.4 Å². The molecule has 0 unspecified atom stereocenters. The molecule has 3 heterocycles. The Bertz CT molecular complexity index is 934. The normalized spacial score (nSPS) is 25.0. The van der Waals surface area contributed by atoms with Gasteiger partial charge in [0.1, 0.15) is 0 Å². The predicted octanol–water partition coefficient (Wildman–Crippen LogP) is 2.11. The summed E-state index contributed by atoms with van der Waals surface area (Å²) in [5.41, 5.74) is 1.92. The summed E-state index contributed by atoms with van der Waals surface area (Å²) in [6.07, 6.45) is 4.08. The zero-order chi connectivity index (χ0) is 19.7. The Morgan fingerprint density at radius 2 is 1.82 bits per heavy atom. The maximum Gasteiger partial charge on any atom is 0.222 e. The lowest BCUT2D eigenvalue weighted by atomic mass is 9.90. The first-order valence-corrected chi connectivity index (χ1v) is 11.5. The summed E-state index contributed by atoms with van der Waals surface area (Å²) in [5, 5.41) is 0. The number of pyridine rings is 1. The van der Waals surface area contributed by atoms with Crippen LogP contribution >= 0.6 is 0 Å². The molecular formula is C21H25N3O3S. The van der Waals surface area contributed by atoms with Gasteiger partial charge in [0.15, 0.2) is 0 Å². The molecule has 2 fully saturated rings. The van der Waals surface area contributed by atoms with E-state index in [0.29, 0.717) is 32.5 Å². The first-order valence-electron chi connectivity index (χ1n) is 9.63. The summed E-state index contributed by atoms with van der Waals surface area (Å²) in [4.78, 5) is 18.9. The Kier molecular flexibility index (Phi) is 5.21. The summed E-state index contributed by atoms with van der Waals surface area (Å²) in [6.45, 7) is 1.71. The molecule has 28 heavy (non-hydrogen) atoms. The van der Waals surface area contributed by atoms with Gasteiger partial charge in [-0.05, 0) is 30.0 Å². The third-order valence-corrected chi connectivity index (χ3v) is 7.09. The molecule has 2 aliphatic rings. The number of rotatable bonds is 5. The van der Waals surface area contributed by atoms with E-state index in [1.165, 1.54) is 6.26 Å². The first-order chi connectivity index (χ1) is 13.4. The molecule has 1 amide bonds. The van der Waals surface area contributed by atoms with Gasteiger partial charge in [-0.15, -0.1) is 0 Å². The van der Waals surface area contributed by atoms with Crippen molar-refractivity contribution in [1.82, 2.24) is 14.2 Å². The number of likely N-dealkylation sites (tertiary alicyclic amines) is 1. The second kappa shape index (κ2) is 7.64. The smallest absolute Gasteiger partial charge is 0.222 e. The van der Waals surface area contributed by atoms with E-state index in [0.717, 1.165) is 11.3 Å². The van der Waals surface area contributed by atoms with E-state index in [-0.39, 0.29) is 23.8 Å². The van der Waals surface area contributed by atoms with Crippen LogP contribution < -0.4 is 0 Å². The summed E-state index contributed by atoms with van der Waals surface area (Å²) in [5.74, 6) is 0.437. The van der Waals surface area contributed by atoms with Gasteiger partial charge in [0.05, 0.1) is 12.3 Å². The van der Waals surface area contributed by atoms with Gasteiger partial charge in [-0.3, -0.25) is 9.78 Å². The van der Waals surface area contributed by atoms with Crippen LogP contribution in [-0.4, -0.2) is 54.4 Å². The summed E-state index contributed by atoms with van der Waals surface area (Å²) < 4.78 is 26.3. The van der Waals surface area contributed by atoms with E-state index in [4.69, 9.17) is 0 Å². The van der Waals surface area contributed by atoms with Gasteiger partial charge in [0.25, 0.3) is 0 Å². The van der Waals surface area contributed by atoms with Gasteiger partial charge in [0, 0.05) is 43.9 Å². The van der Waals surface area contributed by atoms with Crippen molar-refractivity contribution in [3.63, 3.8) is 0 Å². The molecule has 148 valence electrons. The van der Waals surface area contributed by atoms with Crippen molar-refractivity contribution < 1.29 is 13.2 Å². The largest absolute Gasteiger partial charge is 0.342 e. The Labute approximate surface area is 166 Å². The SMILES string of the molecule is CS(=O)(=O)N1C[C@H]2CN(C(=O)CCc3ccccn3)C[C@H]2[C@@H]1c1ccccc1. The highest BCUT2D eigenvalue weighted by Gasteiger charge is 2.51. The Morgan fingerprint density at radius 1 is 1.07 bits per heavy atom. The Balaban J connectivity index is 1.48. The maximum absolute atomic E-state index is 12.7. The highest BCUT2D eigenvalue weighted by Crippen LogP contribution is 2.46. The predicted molar refractivity (Wildman–Crippen MR) is 107 cm³/mol. The second-order valence-electron chi connectivity index (χ2n) is 7.73. The highest BCUT2D eigenvalue weighted by molar-refractivity contribution is 7.88. The van der Waals surface area contributed by atoms with Crippen LogP contribution in [0.4, 0.5) is 0 Å². The van der Waals surface area contributed by atoms with E-state index in [9.17, 15) is 13.2 Å². The molecule has 2 saturated heterocycles. The number of aromatic nitrogens is 1. The van der Waals surface area contributed by atoms with Crippen molar-refractivity contribution in [2.24, 2.45) is 11.8 Å². The Morgan fingerprint density at radius 3 is 2.50 bits per heavy atom. The van der Waals surface area contributed by atoms with Crippen LogP contribution in [0.1, 0.15) is 23.7 Å². The number of hydrogen-bond donors (Lipinski definition) is 0. The molecule has 2 aliphatic heterocycles. The van der Waals surface area contributed by atoms with Crippen LogP contribution in [-0.2, 0) is 21.2 Å². The molecule has 2 aromatic rings. The van der Waals surface area contributed by atoms with E-state index >= 15 is 0 Å². The van der Waals surface area contributed by atoms with E-state index in [2.05, 4.69) is 4.98 Å². The number of carbonyl (C=O) groups excluding carboxylic acids is 1. The second-order valence-corrected chi connectivity index (χ2v) is 9.67. The summed E-state index contributed by atoms with van der Waals surface area (Å²) >= 11 is 0. The standard InChI is InChI=1S/C21H25N3O3S/c1-28(26,27)24-14-17-13-23(20(25)11-10-18-9-5-6-12-22-18)15-19(17)21(24)16-7-3-2-4-8-16/h2-9,12,17,19,21H,10-11,13-15H2,1H3/t17-,19-,21+/m1/s1. The maximum atomic E-state index is 12.7. The zero-order valence-electron chi connectivity index (χ0n) is 15.9. The van der Waals surface area contributed by atoms with Crippen molar-refractivity contribution in [3.05, 3.63) is 66.0 Å². The first kappa shape index (κ1) is 19.1. The fourth-order valence-corrected chi connectivity index (χ4v) is 5.71. The molecule has 0 saturated carbocycles. The number of aryl methyl sites for hydroxylation is 1. The van der Waals surface area contributed by atoms with E-state index in [1.807, 2.05) is 53.4 Å². The molecule has 0 spiro atoms. The molecular weight excluding hydrogens is 374 g/mol. The van der Waals surface area contributed by atoms with Gasteiger partial charge < -0.3 is 4.90 Å². The molecule has 6 nitrogen and oxygen atoms in total. The lowest BCUT2D eigenvalue weighted by Gasteiger charge is -2.28. The molecule has 1 aromatic carbocycles. The minimum atomic E-state index is -3.30. The Hall–Kier alpha value is -2.25. The van der Waals surface area contributed by atoms with Gasteiger partial charge in [-0.2, -0.15) is 4.31 Å². The van der Waals surface area contributed by atoms with Crippen LogP contribution in [0.25, 0.3) is 0 Å². The van der Waals surface area contributed by atoms with E-state index in [1.54, 1.807) is 10.5 Å². The van der Waals surface area contributed by atoms with Crippen molar-refractivity contribution >= 4 is 15.9 Å². The molecule has 4 rings (SSSR count). The molecule has 1 aromatic heterocycles. The number of fused-ring (bicyclic) bond motifs is 1. The van der Waals surface area contributed by atoms with Gasteiger partial charge in [-0.25, -0.2) is 8.42 Å². The third kappa shape index (κ3) is 3.82. The molecule has 0 N–H and O–H groups in total. The zero-order valence-corrected chi connectivity index (χ0v) is 16.8. The van der Waals surface area contributed by atoms with Gasteiger partial charge >= 0.3 is 0 Å². The van der Waals surface area contributed by atoms with Crippen LogP contribution in [0.5, 0.6) is 0 Å². The lowest BCUT2D eigenvalue weighted by Crippen LogP contribution is -2.37. The highest BCUT2D eigenvalue weighted by atomic mass is 32.2. The average Bonchev–Trinajstić information content (AvgIpc) is 3.25. The molecule has 0 radical (unpaired) electrons. The van der Waals surface area contributed by atoms with Crippen molar-refractivity contribution in [1.29, 1.82) is 0 Å². The number of nitrogens with zero attached hydrogens (tertiary/aromatic N) is 3. The van der Waals surface area contributed by atoms with Crippen LogP contribution in [0.2, 0.25) is 0 Å². The molecule has 0 bridgehead atoms. The van der Waals surface area contributed by atoms with Crippen molar-refractivity contribution in [2.75, 3.05) is 25.9 Å².